The second-order valence-corrected chi connectivity index (χ2v) is 7.13. The molecule has 0 aliphatic rings. The van der Waals surface area contributed by atoms with Crippen molar-refractivity contribution in [1.29, 1.82) is 0 Å². The zero-order valence-corrected chi connectivity index (χ0v) is 16.5. The summed E-state index contributed by atoms with van der Waals surface area (Å²) in [5.74, 6) is 0.565. The number of aromatic nitrogens is 3. The van der Waals surface area contributed by atoms with Crippen molar-refractivity contribution in [2.45, 2.75) is 0 Å². The van der Waals surface area contributed by atoms with Crippen LogP contribution < -0.4 is 0 Å². The van der Waals surface area contributed by atoms with Crippen LogP contribution in [-0.4, -0.2) is 27.1 Å². The Kier molecular flexibility index (Phi) is 4.69. The van der Waals surface area contributed by atoms with E-state index in [9.17, 15) is 9.59 Å². The van der Waals surface area contributed by atoms with Gasteiger partial charge in [0.2, 0.25) is 0 Å². The molecule has 31 heavy (non-hydrogen) atoms. The Balaban J connectivity index is 1.76. The number of nitrogens with zero attached hydrogens (tertiary/aromatic N) is 3. The molecule has 148 valence electrons. The molecule has 0 spiro atoms. The molecule has 0 fully saturated rings. The van der Waals surface area contributed by atoms with Gasteiger partial charge in [-0.2, -0.15) is 0 Å². The number of carbonyl (C=O) groups is 2. The maximum Gasteiger partial charge on any atom is 0.162 e. The summed E-state index contributed by atoms with van der Waals surface area (Å²) >= 11 is 0. The van der Waals surface area contributed by atoms with Crippen LogP contribution >= 0.6 is 0 Å². The average Bonchev–Trinajstić information content (AvgIpc) is 3.28. The molecule has 5 aromatic rings. The molecule has 0 unspecified atom stereocenters. The molecule has 0 bridgehead atoms. The van der Waals surface area contributed by atoms with E-state index in [1.165, 1.54) is 0 Å². The molecule has 0 saturated heterocycles. The highest BCUT2D eigenvalue weighted by Crippen LogP contribution is 2.31. The van der Waals surface area contributed by atoms with Gasteiger partial charge < -0.3 is 4.57 Å². The van der Waals surface area contributed by atoms with E-state index in [1.807, 2.05) is 71.4 Å². The smallest absolute Gasteiger partial charge is 0.162 e. The van der Waals surface area contributed by atoms with Crippen LogP contribution in [0.3, 0.4) is 0 Å². The number of aldehydes is 2. The zero-order valence-electron chi connectivity index (χ0n) is 16.5. The third-order valence-corrected chi connectivity index (χ3v) is 5.20. The van der Waals surface area contributed by atoms with Crippen LogP contribution in [0.5, 0.6) is 0 Å². The summed E-state index contributed by atoms with van der Waals surface area (Å²) in [7, 11) is 0. The predicted octanol–water partition coefficient (Wildman–Crippen LogP) is 5.38. The molecule has 0 amide bonds. The van der Waals surface area contributed by atoms with Gasteiger partial charge in [-0.25, -0.2) is 9.97 Å². The first kappa shape index (κ1) is 18.6. The number of carbonyl (C=O) groups excluding carboxylic acids is 2. The first-order valence-electron chi connectivity index (χ1n) is 9.82. The lowest BCUT2D eigenvalue weighted by Gasteiger charge is -2.10. The highest BCUT2D eigenvalue weighted by Gasteiger charge is 2.15. The molecule has 2 aromatic heterocycles. The van der Waals surface area contributed by atoms with E-state index >= 15 is 0 Å². The maximum absolute atomic E-state index is 11.1. The molecule has 3 aromatic carbocycles. The Morgan fingerprint density at radius 2 is 1.26 bits per heavy atom. The van der Waals surface area contributed by atoms with Gasteiger partial charge in [-0.05, 0) is 18.2 Å². The quantitative estimate of drug-likeness (QED) is 0.370. The minimum absolute atomic E-state index is 0.565. The lowest BCUT2D eigenvalue weighted by molar-refractivity contribution is 0.111. The monoisotopic (exact) mass is 403 g/mol. The summed E-state index contributed by atoms with van der Waals surface area (Å²) in [6.07, 6.45) is 3.62. The molecular weight excluding hydrogens is 386 g/mol. The van der Waals surface area contributed by atoms with Crippen LogP contribution in [0.4, 0.5) is 0 Å². The first-order chi connectivity index (χ1) is 15.3. The molecule has 0 N–H and O–H groups in total. The third-order valence-electron chi connectivity index (χ3n) is 5.20. The van der Waals surface area contributed by atoms with E-state index in [-0.39, 0.29) is 0 Å². The van der Waals surface area contributed by atoms with Crippen molar-refractivity contribution < 1.29 is 9.59 Å². The fourth-order valence-corrected chi connectivity index (χ4v) is 3.59. The van der Waals surface area contributed by atoms with Crippen molar-refractivity contribution in [1.82, 2.24) is 14.5 Å². The number of para-hydroxylation sites is 1. The van der Waals surface area contributed by atoms with Crippen LogP contribution in [0.1, 0.15) is 20.7 Å². The summed E-state index contributed by atoms with van der Waals surface area (Å²) in [5.41, 5.74) is 5.49. The minimum Gasteiger partial charge on any atom is -0.301 e. The molecule has 0 atom stereocenters. The molecular formula is C26H17N3O2. The largest absolute Gasteiger partial charge is 0.301 e. The number of rotatable bonds is 5. The van der Waals surface area contributed by atoms with Gasteiger partial charge in [0.1, 0.15) is 18.2 Å². The fraction of sp³-hybridized carbons (Fsp3) is 0. The number of hydrogen-bond acceptors (Lipinski definition) is 4. The van der Waals surface area contributed by atoms with Crippen molar-refractivity contribution >= 4 is 23.6 Å². The maximum atomic E-state index is 11.1. The number of hydrogen-bond donors (Lipinski definition) is 0. The van der Waals surface area contributed by atoms with Crippen molar-refractivity contribution in [2.24, 2.45) is 0 Å². The van der Waals surface area contributed by atoms with Crippen LogP contribution in [-0.2, 0) is 0 Å². The SMILES string of the molecule is O=Cc1ccc(-c2nc(-c3ccc(C=O)cc3)c3ccn(-c4ccccc4)c3n2)cc1. The van der Waals surface area contributed by atoms with Gasteiger partial charge in [0, 0.05) is 39.5 Å². The Morgan fingerprint density at radius 1 is 0.645 bits per heavy atom. The van der Waals surface area contributed by atoms with Gasteiger partial charge in [0.05, 0.1) is 5.69 Å². The van der Waals surface area contributed by atoms with E-state index in [2.05, 4.69) is 0 Å². The molecule has 0 aliphatic carbocycles. The lowest BCUT2D eigenvalue weighted by atomic mass is 10.1. The van der Waals surface area contributed by atoms with E-state index in [0.29, 0.717) is 17.0 Å². The molecule has 5 heteroatoms. The summed E-state index contributed by atoms with van der Waals surface area (Å²) in [4.78, 5) is 31.8. The van der Waals surface area contributed by atoms with E-state index < -0.39 is 0 Å². The Bertz CT molecular complexity index is 1390. The topological polar surface area (TPSA) is 64.8 Å². The van der Waals surface area contributed by atoms with Gasteiger partial charge in [0.15, 0.2) is 5.82 Å². The van der Waals surface area contributed by atoms with E-state index in [0.717, 1.165) is 46.1 Å². The molecule has 5 rings (SSSR count). The van der Waals surface area contributed by atoms with Crippen LogP contribution in [0, 0.1) is 0 Å². The molecule has 0 saturated carbocycles. The summed E-state index contributed by atoms with van der Waals surface area (Å²) in [6.45, 7) is 0. The summed E-state index contributed by atoms with van der Waals surface area (Å²) in [5, 5.41) is 0.913. The highest BCUT2D eigenvalue weighted by atomic mass is 16.1. The second-order valence-electron chi connectivity index (χ2n) is 7.13. The Morgan fingerprint density at radius 3 is 1.87 bits per heavy atom. The van der Waals surface area contributed by atoms with Crippen LogP contribution in [0.15, 0.2) is 91.1 Å². The molecule has 0 radical (unpaired) electrons. The Hall–Kier alpha value is -4.38. The minimum atomic E-state index is 0.565. The molecule has 5 nitrogen and oxygen atoms in total. The van der Waals surface area contributed by atoms with Gasteiger partial charge in [0.25, 0.3) is 0 Å². The lowest BCUT2D eigenvalue weighted by Crippen LogP contribution is -1.99. The fourth-order valence-electron chi connectivity index (χ4n) is 3.59. The summed E-state index contributed by atoms with van der Waals surface area (Å²) < 4.78 is 2.03. The summed E-state index contributed by atoms with van der Waals surface area (Å²) in [6, 6.07) is 26.6. The molecule has 0 aliphatic heterocycles. The van der Waals surface area contributed by atoms with Crippen LogP contribution in [0.2, 0.25) is 0 Å². The van der Waals surface area contributed by atoms with Crippen molar-refractivity contribution in [3.63, 3.8) is 0 Å². The zero-order chi connectivity index (χ0) is 21.2. The van der Waals surface area contributed by atoms with Crippen molar-refractivity contribution in [3.8, 4) is 28.3 Å². The standard InChI is InChI=1S/C26H17N3O2/c30-16-18-6-10-20(11-7-18)24-23-14-15-29(22-4-2-1-3-5-22)26(23)28-25(27-24)21-12-8-19(17-31)9-13-21/h1-17H. The number of fused-ring (bicyclic) bond motifs is 1. The third kappa shape index (κ3) is 3.42. The average molecular weight is 403 g/mol. The molecule has 2 heterocycles. The highest BCUT2D eigenvalue weighted by molar-refractivity contribution is 5.94. The van der Waals surface area contributed by atoms with E-state index in [4.69, 9.17) is 9.97 Å². The van der Waals surface area contributed by atoms with Gasteiger partial charge in [-0.15, -0.1) is 0 Å². The van der Waals surface area contributed by atoms with Crippen molar-refractivity contribution in [2.75, 3.05) is 0 Å². The van der Waals surface area contributed by atoms with Gasteiger partial charge in [-0.1, -0.05) is 66.7 Å². The predicted molar refractivity (Wildman–Crippen MR) is 121 cm³/mol. The normalized spacial score (nSPS) is 10.8. The number of benzene rings is 3. The van der Waals surface area contributed by atoms with Gasteiger partial charge >= 0.3 is 0 Å². The Labute approximate surface area is 178 Å². The van der Waals surface area contributed by atoms with E-state index in [1.54, 1.807) is 24.3 Å². The van der Waals surface area contributed by atoms with Crippen LogP contribution in [0.25, 0.3) is 39.4 Å². The first-order valence-corrected chi connectivity index (χ1v) is 9.82. The van der Waals surface area contributed by atoms with Gasteiger partial charge in [-0.3, -0.25) is 9.59 Å². The van der Waals surface area contributed by atoms with Crippen molar-refractivity contribution in [3.05, 3.63) is 102 Å². The second kappa shape index (κ2) is 7.80.